The Kier molecular flexibility index (Phi) is 4.20. The van der Waals surface area contributed by atoms with Crippen LogP contribution < -0.4 is 10.5 Å². The van der Waals surface area contributed by atoms with Crippen molar-refractivity contribution < 1.29 is 4.74 Å². The lowest BCUT2D eigenvalue weighted by molar-refractivity contribution is 0.352. The lowest BCUT2D eigenvalue weighted by atomic mass is 10.0. The second-order valence-corrected chi connectivity index (χ2v) is 6.34. The van der Waals surface area contributed by atoms with Gasteiger partial charge in [0.15, 0.2) is 0 Å². The second-order valence-electron chi connectivity index (χ2n) is 4.81. The Balaban J connectivity index is 1.69. The first-order valence-electron chi connectivity index (χ1n) is 6.62. The third-order valence-electron chi connectivity index (χ3n) is 3.39. The van der Waals surface area contributed by atoms with Crippen LogP contribution in [0, 0.1) is 0 Å². The molecule has 2 aromatic carbocycles. The van der Waals surface area contributed by atoms with E-state index < -0.39 is 0 Å². The van der Waals surface area contributed by atoms with Gasteiger partial charge in [0.2, 0.25) is 0 Å². The average molecular weight is 306 g/mol. The highest BCUT2D eigenvalue weighted by Gasteiger charge is 2.19. The normalized spacial score (nSPS) is 14.7. The van der Waals surface area contributed by atoms with Crippen molar-refractivity contribution in [2.45, 2.75) is 17.4 Å². The van der Waals surface area contributed by atoms with Gasteiger partial charge in [-0.15, -0.1) is 11.8 Å². The Labute approximate surface area is 128 Å². The summed E-state index contributed by atoms with van der Waals surface area (Å²) in [6, 6.07) is 14.1. The van der Waals surface area contributed by atoms with E-state index >= 15 is 0 Å². The van der Waals surface area contributed by atoms with E-state index in [1.165, 1.54) is 10.5 Å². The molecular weight excluding hydrogens is 290 g/mol. The molecule has 0 saturated carbocycles. The number of fused-ring (bicyclic) bond motifs is 1. The number of hydrogen-bond donors (Lipinski definition) is 1. The summed E-state index contributed by atoms with van der Waals surface area (Å²) in [4.78, 5) is 1.18. The first-order chi connectivity index (χ1) is 9.74. The van der Waals surface area contributed by atoms with Crippen LogP contribution in [0.15, 0.2) is 47.4 Å². The molecule has 0 aliphatic carbocycles. The fourth-order valence-corrected chi connectivity index (χ4v) is 3.35. The van der Waals surface area contributed by atoms with Crippen LogP contribution in [0.2, 0.25) is 5.02 Å². The van der Waals surface area contributed by atoms with Crippen molar-refractivity contribution in [3.8, 4) is 5.75 Å². The molecule has 104 valence electrons. The van der Waals surface area contributed by atoms with Crippen molar-refractivity contribution in [1.29, 1.82) is 0 Å². The Morgan fingerprint density at radius 1 is 1.20 bits per heavy atom. The maximum Gasteiger partial charge on any atom is 0.127 e. The Bertz CT molecular complexity index is 600. The molecule has 0 saturated heterocycles. The fraction of sp³-hybridized carbons (Fsp3) is 0.250. The van der Waals surface area contributed by atoms with E-state index in [0.29, 0.717) is 0 Å². The predicted molar refractivity (Wildman–Crippen MR) is 84.7 cm³/mol. The van der Waals surface area contributed by atoms with E-state index in [4.69, 9.17) is 22.1 Å². The summed E-state index contributed by atoms with van der Waals surface area (Å²) in [5.41, 5.74) is 8.70. The van der Waals surface area contributed by atoms with Gasteiger partial charge in [-0.2, -0.15) is 0 Å². The van der Waals surface area contributed by atoms with Crippen molar-refractivity contribution in [1.82, 2.24) is 0 Å². The zero-order chi connectivity index (χ0) is 13.9. The third-order valence-corrected chi connectivity index (χ3v) is 4.77. The molecule has 0 bridgehead atoms. The molecule has 3 rings (SSSR count). The van der Waals surface area contributed by atoms with Gasteiger partial charge < -0.3 is 10.5 Å². The maximum absolute atomic E-state index is 6.32. The number of rotatable bonds is 4. The first-order valence-corrected chi connectivity index (χ1v) is 7.99. The minimum absolute atomic E-state index is 0.0243. The van der Waals surface area contributed by atoms with E-state index in [1.54, 1.807) is 11.8 Å². The van der Waals surface area contributed by atoms with Crippen molar-refractivity contribution in [3.63, 3.8) is 0 Å². The standard InChI is InChI=1S/C16H16ClNOS/c17-12-4-6-13(7-5-12)20-10-15(18)14-3-1-2-11-8-9-19-16(11)14/h1-7,15H,8-10,18H2. The van der Waals surface area contributed by atoms with E-state index in [1.807, 2.05) is 24.3 Å². The summed E-state index contributed by atoms with van der Waals surface area (Å²) in [6.07, 6.45) is 0.986. The van der Waals surface area contributed by atoms with Crippen LogP contribution in [-0.2, 0) is 6.42 Å². The molecule has 1 atom stereocenters. The quantitative estimate of drug-likeness (QED) is 0.865. The van der Waals surface area contributed by atoms with E-state index in [-0.39, 0.29) is 6.04 Å². The van der Waals surface area contributed by atoms with Crippen LogP contribution in [0.25, 0.3) is 0 Å². The SMILES string of the molecule is NC(CSc1ccc(Cl)cc1)c1cccc2c1OCC2. The van der Waals surface area contributed by atoms with Gasteiger partial charge in [0, 0.05) is 33.7 Å². The monoisotopic (exact) mass is 305 g/mol. The molecule has 0 radical (unpaired) electrons. The van der Waals surface area contributed by atoms with Crippen LogP contribution in [0.4, 0.5) is 0 Å². The van der Waals surface area contributed by atoms with Crippen LogP contribution in [0.3, 0.4) is 0 Å². The van der Waals surface area contributed by atoms with E-state index in [2.05, 4.69) is 18.2 Å². The number of thioether (sulfide) groups is 1. The lowest BCUT2D eigenvalue weighted by Crippen LogP contribution is -2.14. The molecule has 1 heterocycles. The highest BCUT2D eigenvalue weighted by atomic mass is 35.5. The number of ether oxygens (including phenoxy) is 1. The topological polar surface area (TPSA) is 35.2 Å². The molecular formula is C16H16ClNOS. The van der Waals surface area contributed by atoms with Crippen LogP contribution in [0.5, 0.6) is 5.75 Å². The average Bonchev–Trinajstić information content (AvgIpc) is 2.94. The van der Waals surface area contributed by atoms with Crippen molar-refractivity contribution >= 4 is 23.4 Å². The van der Waals surface area contributed by atoms with Crippen LogP contribution >= 0.6 is 23.4 Å². The molecule has 2 nitrogen and oxygen atoms in total. The van der Waals surface area contributed by atoms with Crippen molar-refractivity contribution in [2.24, 2.45) is 5.73 Å². The van der Waals surface area contributed by atoms with Gasteiger partial charge in [0.25, 0.3) is 0 Å². The molecule has 0 fully saturated rings. The summed E-state index contributed by atoms with van der Waals surface area (Å²) in [5, 5.41) is 0.757. The van der Waals surface area contributed by atoms with Crippen LogP contribution in [-0.4, -0.2) is 12.4 Å². The Morgan fingerprint density at radius 2 is 2.00 bits per heavy atom. The highest BCUT2D eigenvalue weighted by molar-refractivity contribution is 7.99. The summed E-state index contributed by atoms with van der Waals surface area (Å²) >= 11 is 7.62. The third kappa shape index (κ3) is 2.95. The zero-order valence-corrected chi connectivity index (χ0v) is 12.6. The van der Waals surface area contributed by atoms with E-state index in [9.17, 15) is 0 Å². The molecule has 0 spiro atoms. The summed E-state index contributed by atoms with van der Waals surface area (Å²) < 4.78 is 5.71. The first kappa shape index (κ1) is 13.8. The summed E-state index contributed by atoms with van der Waals surface area (Å²) in [5.74, 6) is 1.82. The molecule has 20 heavy (non-hydrogen) atoms. The molecule has 1 unspecified atom stereocenters. The molecule has 4 heteroatoms. The minimum atomic E-state index is -0.0243. The molecule has 1 aliphatic heterocycles. The smallest absolute Gasteiger partial charge is 0.127 e. The molecule has 0 amide bonds. The van der Waals surface area contributed by atoms with Gasteiger partial charge in [0.1, 0.15) is 5.75 Å². The Morgan fingerprint density at radius 3 is 2.80 bits per heavy atom. The lowest BCUT2D eigenvalue weighted by Gasteiger charge is -2.15. The summed E-state index contributed by atoms with van der Waals surface area (Å²) in [7, 11) is 0. The van der Waals surface area contributed by atoms with E-state index in [0.717, 1.165) is 35.1 Å². The van der Waals surface area contributed by atoms with Gasteiger partial charge in [-0.3, -0.25) is 0 Å². The molecule has 0 aromatic heterocycles. The van der Waals surface area contributed by atoms with Gasteiger partial charge in [-0.05, 0) is 29.8 Å². The number of para-hydroxylation sites is 1. The minimum Gasteiger partial charge on any atom is -0.493 e. The van der Waals surface area contributed by atoms with Crippen molar-refractivity contribution in [3.05, 3.63) is 58.6 Å². The number of halogens is 1. The molecule has 2 aromatic rings. The second kappa shape index (κ2) is 6.08. The maximum atomic E-state index is 6.32. The Hall–Kier alpha value is -1.16. The number of benzene rings is 2. The largest absolute Gasteiger partial charge is 0.493 e. The zero-order valence-electron chi connectivity index (χ0n) is 11.0. The van der Waals surface area contributed by atoms with Crippen molar-refractivity contribution in [2.75, 3.05) is 12.4 Å². The fourth-order valence-electron chi connectivity index (χ4n) is 2.34. The van der Waals surface area contributed by atoms with Gasteiger partial charge in [-0.25, -0.2) is 0 Å². The highest BCUT2D eigenvalue weighted by Crippen LogP contribution is 2.34. The van der Waals surface area contributed by atoms with Gasteiger partial charge in [-0.1, -0.05) is 29.8 Å². The summed E-state index contributed by atoms with van der Waals surface area (Å²) in [6.45, 7) is 0.767. The number of hydrogen-bond acceptors (Lipinski definition) is 3. The number of nitrogens with two attached hydrogens (primary N) is 1. The molecule has 1 aliphatic rings. The molecule has 2 N–H and O–H groups in total. The van der Waals surface area contributed by atoms with Crippen LogP contribution in [0.1, 0.15) is 17.2 Å². The predicted octanol–water partition coefficient (Wildman–Crippen LogP) is 4.07. The van der Waals surface area contributed by atoms with Gasteiger partial charge in [0.05, 0.1) is 6.61 Å². The van der Waals surface area contributed by atoms with Gasteiger partial charge >= 0.3 is 0 Å².